The van der Waals surface area contributed by atoms with E-state index in [4.69, 9.17) is 4.98 Å². The molecule has 0 saturated carbocycles. The van der Waals surface area contributed by atoms with Crippen LogP contribution in [-0.4, -0.2) is 4.98 Å². The molecular weight excluding hydrogens is 276 g/mol. The molecule has 0 aliphatic carbocycles. The Morgan fingerprint density at radius 3 is 2.71 bits per heavy atom. The number of thiazole rings is 1. The molecule has 0 radical (unpaired) electrons. The van der Waals surface area contributed by atoms with Crippen LogP contribution < -0.4 is 4.57 Å². The Bertz CT molecular complexity index is 936. The number of nitrogens with zero attached hydrogens (tertiary/aromatic N) is 2. The fourth-order valence-corrected chi connectivity index (χ4v) is 3.60. The fourth-order valence-electron chi connectivity index (χ4n) is 2.63. The Morgan fingerprint density at radius 2 is 1.86 bits per heavy atom. The normalized spacial score (nSPS) is 11.3. The van der Waals surface area contributed by atoms with Crippen molar-refractivity contribution in [3.05, 3.63) is 60.3 Å². The minimum absolute atomic E-state index is 1.08. The van der Waals surface area contributed by atoms with Gasteiger partial charge in [0.05, 0.1) is 10.2 Å². The lowest BCUT2D eigenvalue weighted by Gasteiger charge is -2.01. The third-order valence-corrected chi connectivity index (χ3v) is 5.05. The van der Waals surface area contributed by atoms with Crippen LogP contribution >= 0.6 is 11.3 Å². The first-order chi connectivity index (χ1) is 10.2. The fraction of sp³-hybridized carbons (Fsp3) is 0.111. The zero-order valence-electron chi connectivity index (χ0n) is 12.0. The number of benzene rings is 2. The molecule has 0 aliphatic heterocycles. The molecule has 2 aromatic carbocycles. The van der Waals surface area contributed by atoms with Crippen LogP contribution in [0.4, 0.5) is 0 Å². The zero-order chi connectivity index (χ0) is 14.4. The van der Waals surface area contributed by atoms with Crippen LogP contribution in [-0.2, 0) is 7.05 Å². The molecule has 0 unspecified atom stereocenters. The van der Waals surface area contributed by atoms with E-state index in [0.29, 0.717) is 0 Å². The maximum Gasteiger partial charge on any atom is 0.212 e. The van der Waals surface area contributed by atoms with Gasteiger partial charge in [-0.05, 0) is 30.3 Å². The van der Waals surface area contributed by atoms with Crippen LogP contribution in [0.5, 0.6) is 0 Å². The van der Waals surface area contributed by atoms with Crippen LogP contribution in [0.15, 0.2) is 54.6 Å². The van der Waals surface area contributed by atoms with E-state index in [2.05, 4.69) is 67.1 Å². The largest absolute Gasteiger partial charge is 0.236 e. The van der Waals surface area contributed by atoms with Gasteiger partial charge in [-0.3, -0.25) is 0 Å². The second-order valence-corrected chi connectivity index (χ2v) is 6.32. The number of aromatic nitrogens is 2. The van der Waals surface area contributed by atoms with Crippen LogP contribution in [0.2, 0.25) is 0 Å². The summed E-state index contributed by atoms with van der Waals surface area (Å²) in [6, 6.07) is 19.2. The third kappa shape index (κ3) is 2.01. The molecule has 0 fully saturated rings. The van der Waals surface area contributed by atoms with E-state index in [1.807, 2.05) is 6.07 Å². The van der Waals surface area contributed by atoms with Gasteiger partial charge in [0.15, 0.2) is 5.69 Å². The Morgan fingerprint density at radius 1 is 1.00 bits per heavy atom. The Hall–Kier alpha value is -2.26. The van der Waals surface area contributed by atoms with E-state index in [-0.39, 0.29) is 0 Å². The molecular formula is C18H15N2S+. The lowest BCUT2D eigenvalue weighted by atomic mass is 10.1. The predicted octanol–water partition coefficient (Wildman–Crippen LogP) is 4.25. The van der Waals surface area contributed by atoms with Crippen molar-refractivity contribution in [2.45, 2.75) is 6.92 Å². The van der Waals surface area contributed by atoms with Crippen LogP contribution in [0.25, 0.3) is 31.7 Å². The number of para-hydroxylation sites is 1. The van der Waals surface area contributed by atoms with Crippen molar-refractivity contribution in [2.75, 3.05) is 0 Å². The highest BCUT2D eigenvalue weighted by Gasteiger charge is 2.11. The summed E-state index contributed by atoms with van der Waals surface area (Å²) >= 11 is 1.75. The standard InChI is InChI=1S/C18H15N2S/c1-12-7-8-13-11-14(9-10-16(13)20(12)2)18-19-15-5-3-4-6-17(15)21-18/h3-11H,1-2H3/q+1. The molecule has 0 N–H and O–H groups in total. The van der Waals surface area contributed by atoms with Gasteiger partial charge in [-0.2, -0.15) is 4.57 Å². The highest BCUT2D eigenvalue weighted by Crippen LogP contribution is 2.31. The molecule has 0 atom stereocenters. The lowest BCUT2D eigenvalue weighted by Crippen LogP contribution is -2.32. The highest BCUT2D eigenvalue weighted by molar-refractivity contribution is 7.21. The van der Waals surface area contributed by atoms with E-state index in [1.165, 1.54) is 26.9 Å². The van der Waals surface area contributed by atoms with Crippen molar-refractivity contribution in [1.29, 1.82) is 0 Å². The van der Waals surface area contributed by atoms with Gasteiger partial charge >= 0.3 is 0 Å². The number of hydrogen-bond acceptors (Lipinski definition) is 2. The molecule has 4 rings (SSSR count). The van der Waals surface area contributed by atoms with Gasteiger partial charge in [0.1, 0.15) is 12.1 Å². The first-order valence-electron chi connectivity index (χ1n) is 6.98. The van der Waals surface area contributed by atoms with Crippen molar-refractivity contribution >= 4 is 32.5 Å². The number of rotatable bonds is 1. The zero-order valence-corrected chi connectivity index (χ0v) is 12.8. The summed E-state index contributed by atoms with van der Waals surface area (Å²) in [6.45, 7) is 2.13. The average molecular weight is 291 g/mol. The predicted molar refractivity (Wildman–Crippen MR) is 88.5 cm³/mol. The van der Waals surface area contributed by atoms with Crippen molar-refractivity contribution in [3.8, 4) is 10.6 Å². The molecule has 4 aromatic rings. The highest BCUT2D eigenvalue weighted by atomic mass is 32.1. The molecule has 2 nitrogen and oxygen atoms in total. The van der Waals surface area contributed by atoms with Crippen molar-refractivity contribution in [1.82, 2.24) is 4.98 Å². The summed E-state index contributed by atoms with van der Waals surface area (Å²) in [5, 5.41) is 2.33. The van der Waals surface area contributed by atoms with Crippen LogP contribution in [0.1, 0.15) is 5.69 Å². The minimum Gasteiger partial charge on any atom is -0.236 e. The van der Waals surface area contributed by atoms with Crippen LogP contribution in [0.3, 0.4) is 0 Å². The van der Waals surface area contributed by atoms with Gasteiger partial charge < -0.3 is 0 Å². The molecule has 3 heteroatoms. The van der Waals surface area contributed by atoms with Gasteiger partial charge in [0.2, 0.25) is 5.52 Å². The van der Waals surface area contributed by atoms with Gasteiger partial charge in [-0.25, -0.2) is 4.98 Å². The second kappa shape index (κ2) is 4.64. The topological polar surface area (TPSA) is 16.8 Å². The van der Waals surface area contributed by atoms with E-state index in [1.54, 1.807) is 11.3 Å². The van der Waals surface area contributed by atoms with Gasteiger partial charge in [0.25, 0.3) is 0 Å². The van der Waals surface area contributed by atoms with Crippen molar-refractivity contribution < 1.29 is 4.57 Å². The second-order valence-electron chi connectivity index (χ2n) is 5.29. The quantitative estimate of drug-likeness (QED) is 0.479. The summed E-state index contributed by atoms with van der Waals surface area (Å²) in [6.07, 6.45) is 0. The average Bonchev–Trinajstić information content (AvgIpc) is 2.95. The van der Waals surface area contributed by atoms with E-state index < -0.39 is 0 Å². The summed E-state index contributed by atoms with van der Waals surface area (Å²) in [5.41, 5.74) is 4.77. The van der Waals surface area contributed by atoms with Gasteiger partial charge in [-0.1, -0.05) is 12.1 Å². The van der Waals surface area contributed by atoms with Gasteiger partial charge in [-0.15, -0.1) is 11.3 Å². The summed E-state index contributed by atoms with van der Waals surface area (Å²) < 4.78 is 3.46. The maximum absolute atomic E-state index is 4.74. The Kier molecular flexibility index (Phi) is 2.76. The molecule has 0 amide bonds. The lowest BCUT2D eigenvalue weighted by molar-refractivity contribution is -0.651. The molecule has 102 valence electrons. The molecule has 0 bridgehead atoms. The Labute approximate surface area is 127 Å². The smallest absolute Gasteiger partial charge is 0.212 e. The van der Waals surface area contributed by atoms with Crippen molar-refractivity contribution in [3.63, 3.8) is 0 Å². The Balaban J connectivity index is 1.92. The van der Waals surface area contributed by atoms with E-state index in [0.717, 1.165) is 10.5 Å². The first-order valence-corrected chi connectivity index (χ1v) is 7.79. The third-order valence-electron chi connectivity index (χ3n) is 3.96. The molecule has 2 aromatic heterocycles. The number of fused-ring (bicyclic) bond motifs is 2. The molecule has 0 saturated heterocycles. The van der Waals surface area contributed by atoms with Gasteiger partial charge in [0, 0.05) is 30.0 Å². The number of aryl methyl sites for hydroxylation is 2. The molecule has 21 heavy (non-hydrogen) atoms. The first kappa shape index (κ1) is 12.5. The van der Waals surface area contributed by atoms with Crippen LogP contribution in [0, 0.1) is 6.92 Å². The molecule has 0 aliphatic rings. The molecule has 2 heterocycles. The summed E-state index contributed by atoms with van der Waals surface area (Å²) in [7, 11) is 2.11. The van der Waals surface area contributed by atoms with E-state index >= 15 is 0 Å². The summed E-state index contributed by atoms with van der Waals surface area (Å²) in [5.74, 6) is 0. The van der Waals surface area contributed by atoms with Crippen molar-refractivity contribution in [2.24, 2.45) is 7.05 Å². The molecule has 0 spiro atoms. The number of hydrogen-bond donors (Lipinski definition) is 0. The SMILES string of the molecule is Cc1ccc2cc(-c3nc4ccccc4s3)ccc2[n+]1C. The van der Waals surface area contributed by atoms with E-state index in [9.17, 15) is 0 Å². The maximum atomic E-state index is 4.74. The summed E-state index contributed by atoms with van der Waals surface area (Å²) in [4.78, 5) is 4.74. The number of pyridine rings is 1. The minimum atomic E-state index is 1.08. The monoisotopic (exact) mass is 291 g/mol.